The van der Waals surface area contributed by atoms with Gasteiger partial charge in [0.1, 0.15) is 11.9 Å². The van der Waals surface area contributed by atoms with Crippen molar-refractivity contribution in [2.75, 3.05) is 6.61 Å². The topological polar surface area (TPSA) is 52.6 Å². The highest BCUT2D eigenvalue weighted by atomic mass is 16.6. The second-order valence-corrected chi connectivity index (χ2v) is 5.86. The molecule has 0 radical (unpaired) electrons. The lowest BCUT2D eigenvalue weighted by molar-refractivity contribution is -0.188. The molecule has 0 unspecified atom stereocenters. The number of esters is 1. The molecular formula is C14H24O4. The predicted molar refractivity (Wildman–Crippen MR) is 68.3 cm³/mol. The molecule has 18 heavy (non-hydrogen) atoms. The standard InChI is InChI=1S/C14H24O4/c1-13(2,3)18-12(16)14(17-11-7-10-15)8-5-4-6-9-14/h10H,4-9,11H2,1-3H3. The number of rotatable bonds is 5. The van der Waals surface area contributed by atoms with Gasteiger partial charge in [-0.15, -0.1) is 0 Å². The normalized spacial score (nSPS) is 19.3. The van der Waals surface area contributed by atoms with E-state index in [1.165, 1.54) is 0 Å². The van der Waals surface area contributed by atoms with Crippen LogP contribution in [0, 0.1) is 0 Å². The molecule has 0 aromatic heterocycles. The Morgan fingerprint density at radius 2 is 1.83 bits per heavy atom. The van der Waals surface area contributed by atoms with Crippen LogP contribution < -0.4 is 0 Å². The summed E-state index contributed by atoms with van der Waals surface area (Å²) in [4.78, 5) is 22.6. The molecule has 0 bridgehead atoms. The molecule has 1 fully saturated rings. The fraction of sp³-hybridized carbons (Fsp3) is 0.857. The first kappa shape index (κ1) is 15.2. The summed E-state index contributed by atoms with van der Waals surface area (Å²) in [5.41, 5.74) is -1.33. The van der Waals surface area contributed by atoms with Gasteiger partial charge in [-0.1, -0.05) is 6.42 Å². The molecule has 0 N–H and O–H groups in total. The Balaban J connectivity index is 2.69. The van der Waals surface area contributed by atoms with Gasteiger partial charge in [-0.2, -0.15) is 0 Å². The number of carbonyl (C=O) groups is 2. The monoisotopic (exact) mass is 256 g/mol. The zero-order chi connectivity index (χ0) is 13.6. The van der Waals surface area contributed by atoms with Crippen molar-refractivity contribution in [2.45, 2.75) is 70.5 Å². The molecule has 1 rings (SSSR count). The highest BCUT2D eigenvalue weighted by Crippen LogP contribution is 2.34. The Bertz CT molecular complexity index is 285. The maximum Gasteiger partial charge on any atom is 0.338 e. The van der Waals surface area contributed by atoms with Gasteiger partial charge in [-0.25, -0.2) is 4.79 Å². The summed E-state index contributed by atoms with van der Waals surface area (Å²) in [6.07, 6.45) is 5.60. The maximum absolute atomic E-state index is 12.3. The quantitative estimate of drug-likeness (QED) is 0.431. The van der Waals surface area contributed by atoms with Crippen LogP contribution in [0.15, 0.2) is 0 Å². The van der Waals surface area contributed by atoms with Crippen LogP contribution in [0.2, 0.25) is 0 Å². The highest BCUT2D eigenvalue weighted by Gasteiger charge is 2.43. The van der Waals surface area contributed by atoms with E-state index < -0.39 is 11.2 Å². The minimum absolute atomic E-state index is 0.277. The van der Waals surface area contributed by atoms with Gasteiger partial charge in [0, 0.05) is 6.42 Å². The van der Waals surface area contributed by atoms with E-state index in [1.54, 1.807) is 0 Å². The van der Waals surface area contributed by atoms with Crippen molar-refractivity contribution in [2.24, 2.45) is 0 Å². The molecule has 0 atom stereocenters. The summed E-state index contributed by atoms with van der Waals surface area (Å²) in [7, 11) is 0. The molecule has 0 saturated heterocycles. The van der Waals surface area contributed by atoms with Crippen LogP contribution in [0.3, 0.4) is 0 Å². The average Bonchev–Trinajstić information content (AvgIpc) is 2.28. The first-order valence-electron chi connectivity index (χ1n) is 6.71. The zero-order valence-corrected chi connectivity index (χ0v) is 11.7. The third-order valence-electron chi connectivity index (χ3n) is 3.05. The van der Waals surface area contributed by atoms with E-state index in [4.69, 9.17) is 9.47 Å². The second-order valence-electron chi connectivity index (χ2n) is 5.86. The van der Waals surface area contributed by atoms with E-state index in [0.29, 0.717) is 25.9 Å². The predicted octanol–water partition coefficient (Wildman–Crippen LogP) is 2.64. The first-order valence-corrected chi connectivity index (χ1v) is 6.71. The number of ether oxygens (including phenoxy) is 2. The number of hydrogen-bond acceptors (Lipinski definition) is 4. The van der Waals surface area contributed by atoms with E-state index >= 15 is 0 Å². The molecule has 4 nitrogen and oxygen atoms in total. The van der Waals surface area contributed by atoms with Gasteiger partial charge >= 0.3 is 5.97 Å². The molecule has 4 heteroatoms. The molecule has 0 heterocycles. The van der Waals surface area contributed by atoms with Crippen molar-refractivity contribution in [3.05, 3.63) is 0 Å². The maximum atomic E-state index is 12.3. The summed E-state index contributed by atoms with van der Waals surface area (Å²) >= 11 is 0. The van der Waals surface area contributed by atoms with Gasteiger partial charge < -0.3 is 14.3 Å². The smallest absolute Gasteiger partial charge is 0.338 e. The third kappa shape index (κ3) is 4.41. The molecule has 0 amide bonds. The molecule has 104 valence electrons. The van der Waals surface area contributed by atoms with E-state index in [0.717, 1.165) is 25.5 Å². The first-order chi connectivity index (χ1) is 8.40. The van der Waals surface area contributed by atoms with Crippen LogP contribution in [-0.4, -0.2) is 30.1 Å². The summed E-state index contributed by atoms with van der Waals surface area (Å²) in [6, 6.07) is 0. The molecule has 1 aliphatic carbocycles. The SMILES string of the molecule is CC(C)(C)OC(=O)C1(OCCC=O)CCCCC1. The molecule has 1 saturated carbocycles. The summed E-state index contributed by atoms with van der Waals surface area (Å²) in [5, 5.41) is 0. The van der Waals surface area contributed by atoms with E-state index in [1.807, 2.05) is 20.8 Å². The third-order valence-corrected chi connectivity index (χ3v) is 3.05. The van der Waals surface area contributed by atoms with Crippen LogP contribution in [0.1, 0.15) is 59.3 Å². The van der Waals surface area contributed by atoms with Gasteiger partial charge in [-0.3, -0.25) is 0 Å². The van der Waals surface area contributed by atoms with Gasteiger partial charge in [0.2, 0.25) is 0 Å². The minimum atomic E-state index is -0.825. The fourth-order valence-corrected chi connectivity index (χ4v) is 2.20. The Morgan fingerprint density at radius 1 is 1.22 bits per heavy atom. The lowest BCUT2D eigenvalue weighted by Crippen LogP contribution is -2.47. The molecule has 0 aliphatic heterocycles. The van der Waals surface area contributed by atoms with Crippen LogP contribution in [0.4, 0.5) is 0 Å². The van der Waals surface area contributed by atoms with Crippen LogP contribution >= 0.6 is 0 Å². The molecular weight excluding hydrogens is 232 g/mol. The van der Waals surface area contributed by atoms with Crippen LogP contribution in [0.5, 0.6) is 0 Å². The van der Waals surface area contributed by atoms with Crippen LogP contribution in [0.25, 0.3) is 0 Å². The second kappa shape index (κ2) is 6.32. The number of carbonyl (C=O) groups excluding carboxylic acids is 2. The van der Waals surface area contributed by atoms with Gasteiger partial charge in [0.25, 0.3) is 0 Å². The molecule has 1 aliphatic rings. The van der Waals surface area contributed by atoms with Crippen molar-refractivity contribution < 1.29 is 19.1 Å². The molecule has 0 aromatic rings. The van der Waals surface area contributed by atoms with E-state index in [-0.39, 0.29) is 5.97 Å². The van der Waals surface area contributed by atoms with Gasteiger partial charge in [0.05, 0.1) is 6.61 Å². The van der Waals surface area contributed by atoms with Crippen molar-refractivity contribution >= 4 is 12.3 Å². The molecule has 0 aromatic carbocycles. The Labute approximate surface area is 109 Å². The zero-order valence-electron chi connectivity index (χ0n) is 11.7. The fourth-order valence-electron chi connectivity index (χ4n) is 2.20. The largest absolute Gasteiger partial charge is 0.458 e. The lowest BCUT2D eigenvalue weighted by atomic mass is 9.84. The molecule has 0 spiro atoms. The van der Waals surface area contributed by atoms with Crippen molar-refractivity contribution in [1.29, 1.82) is 0 Å². The van der Waals surface area contributed by atoms with Crippen LogP contribution in [-0.2, 0) is 19.1 Å². The number of hydrogen-bond donors (Lipinski definition) is 0. The van der Waals surface area contributed by atoms with Crippen molar-refractivity contribution in [3.63, 3.8) is 0 Å². The summed E-state index contributed by atoms with van der Waals surface area (Å²) in [5.74, 6) is -0.277. The average molecular weight is 256 g/mol. The Hall–Kier alpha value is -0.900. The van der Waals surface area contributed by atoms with E-state index in [2.05, 4.69) is 0 Å². The Kier molecular flexibility index (Phi) is 5.32. The van der Waals surface area contributed by atoms with Crippen molar-refractivity contribution in [3.8, 4) is 0 Å². The minimum Gasteiger partial charge on any atom is -0.458 e. The lowest BCUT2D eigenvalue weighted by Gasteiger charge is -2.36. The summed E-state index contributed by atoms with van der Waals surface area (Å²) in [6.45, 7) is 5.86. The Morgan fingerprint density at radius 3 is 2.33 bits per heavy atom. The van der Waals surface area contributed by atoms with Crippen molar-refractivity contribution in [1.82, 2.24) is 0 Å². The van der Waals surface area contributed by atoms with Gasteiger partial charge in [-0.05, 0) is 46.5 Å². The van der Waals surface area contributed by atoms with E-state index in [9.17, 15) is 9.59 Å². The number of aldehydes is 1. The van der Waals surface area contributed by atoms with Gasteiger partial charge in [0.15, 0.2) is 5.60 Å². The highest BCUT2D eigenvalue weighted by molar-refractivity contribution is 5.80. The summed E-state index contributed by atoms with van der Waals surface area (Å²) < 4.78 is 11.2.